The molecule has 1 aliphatic carbocycles. The smallest absolute Gasteiger partial charge is 0.133 e. The number of rotatable bonds is 4. The zero-order chi connectivity index (χ0) is 13.0. The molecule has 1 saturated carbocycles. The fourth-order valence-electron chi connectivity index (χ4n) is 2.36. The Labute approximate surface area is 108 Å². The highest BCUT2D eigenvalue weighted by Gasteiger charge is 2.19. The van der Waals surface area contributed by atoms with Crippen LogP contribution >= 0.6 is 0 Å². The standard InChI is InChI=1S/C13H22N4O/c1-2-3-12-16-11(14)8-13(17-12)15-9-4-6-10(18)7-5-9/h8-10,18H,2-7H2,1H3,(H3,14,15,16,17). The van der Waals surface area contributed by atoms with E-state index in [9.17, 15) is 5.11 Å². The van der Waals surface area contributed by atoms with E-state index in [1.807, 2.05) is 0 Å². The summed E-state index contributed by atoms with van der Waals surface area (Å²) < 4.78 is 0. The summed E-state index contributed by atoms with van der Waals surface area (Å²) in [6.07, 6.45) is 5.42. The molecule has 0 bridgehead atoms. The maximum atomic E-state index is 9.48. The average Bonchev–Trinajstić information content (AvgIpc) is 2.32. The number of aryl methyl sites for hydroxylation is 1. The molecule has 1 aromatic heterocycles. The average molecular weight is 250 g/mol. The third-order valence-electron chi connectivity index (χ3n) is 3.31. The lowest BCUT2D eigenvalue weighted by atomic mass is 9.93. The Bertz CT molecular complexity index is 389. The van der Waals surface area contributed by atoms with E-state index in [2.05, 4.69) is 22.2 Å². The number of nitrogen functional groups attached to an aromatic ring is 1. The van der Waals surface area contributed by atoms with Crippen LogP contribution in [0.3, 0.4) is 0 Å². The Hall–Kier alpha value is -1.36. The van der Waals surface area contributed by atoms with Crippen LogP contribution in [-0.4, -0.2) is 27.2 Å². The SMILES string of the molecule is CCCc1nc(N)cc(NC2CCC(O)CC2)n1. The first-order valence-corrected chi connectivity index (χ1v) is 6.75. The predicted molar refractivity (Wildman–Crippen MR) is 72.3 cm³/mol. The topological polar surface area (TPSA) is 84.1 Å². The van der Waals surface area contributed by atoms with E-state index in [0.717, 1.165) is 50.2 Å². The molecule has 0 saturated heterocycles. The van der Waals surface area contributed by atoms with E-state index in [4.69, 9.17) is 5.73 Å². The van der Waals surface area contributed by atoms with Crippen LogP contribution in [0, 0.1) is 0 Å². The van der Waals surface area contributed by atoms with E-state index in [0.29, 0.717) is 11.9 Å². The third kappa shape index (κ3) is 3.57. The third-order valence-corrected chi connectivity index (χ3v) is 3.31. The summed E-state index contributed by atoms with van der Waals surface area (Å²) in [6.45, 7) is 2.10. The Morgan fingerprint density at radius 1 is 1.33 bits per heavy atom. The summed E-state index contributed by atoms with van der Waals surface area (Å²) in [5.74, 6) is 2.13. The minimum atomic E-state index is -0.130. The van der Waals surface area contributed by atoms with Crippen molar-refractivity contribution in [3.8, 4) is 0 Å². The molecule has 1 aliphatic rings. The Kier molecular flexibility index (Phi) is 4.36. The van der Waals surface area contributed by atoms with Crippen molar-refractivity contribution in [3.63, 3.8) is 0 Å². The minimum absolute atomic E-state index is 0.130. The van der Waals surface area contributed by atoms with Crippen LogP contribution in [0.1, 0.15) is 44.9 Å². The number of hydrogen-bond donors (Lipinski definition) is 3. The lowest BCUT2D eigenvalue weighted by Crippen LogP contribution is -2.28. The van der Waals surface area contributed by atoms with Crippen molar-refractivity contribution in [2.24, 2.45) is 0 Å². The Morgan fingerprint density at radius 3 is 2.72 bits per heavy atom. The maximum absolute atomic E-state index is 9.48. The van der Waals surface area contributed by atoms with E-state index < -0.39 is 0 Å². The molecular weight excluding hydrogens is 228 g/mol. The number of nitrogens with one attached hydrogen (secondary N) is 1. The van der Waals surface area contributed by atoms with Gasteiger partial charge in [-0.05, 0) is 32.1 Å². The number of aliphatic hydroxyl groups excluding tert-OH is 1. The van der Waals surface area contributed by atoms with Crippen molar-refractivity contribution >= 4 is 11.6 Å². The Balaban J connectivity index is 2.00. The first kappa shape index (κ1) is 13.1. The quantitative estimate of drug-likeness (QED) is 0.758. The monoisotopic (exact) mass is 250 g/mol. The number of nitrogens with two attached hydrogens (primary N) is 1. The zero-order valence-corrected chi connectivity index (χ0v) is 10.9. The lowest BCUT2D eigenvalue weighted by Gasteiger charge is -2.26. The second kappa shape index (κ2) is 6.00. The predicted octanol–water partition coefficient (Wildman–Crippen LogP) is 1.73. The molecular formula is C13H22N4O. The van der Waals surface area contributed by atoms with E-state index in [1.54, 1.807) is 6.07 Å². The first-order valence-electron chi connectivity index (χ1n) is 6.75. The van der Waals surface area contributed by atoms with Gasteiger partial charge in [-0.3, -0.25) is 0 Å². The van der Waals surface area contributed by atoms with Crippen molar-refractivity contribution < 1.29 is 5.11 Å². The molecule has 1 aromatic rings. The molecule has 1 fully saturated rings. The number of hydrogen-bond acceptors (Lipinski definition) is 5. The van der Waals surface area contributed by atoms with Crippen LogP contribution in [0.2, 0.25) is 0 Å². The number of anilines is 2. The highest BCUT2D eigenvalue weighted by molar-refractivity contribution is 5.45. The normalized spacial score (nSPS) is 23.9. The summed E-state index contributed by atoms with van der Waals surface area (Å²) in [7, 11) is 0. The van der Waals surface area contributed by atoms with Crippen LogP contribution in [-0.2, 0) is 6.42 Å². The summed E-state index contributed by atoms with van der Waals surface area (Å²) in [6, 6.07) is 2.17. The second-order valence-electron chi connectivity index (χ2n) is 4.99. The van der Waals surface area contributed by atoms with E-state index >= 15 is 0 Å². The lowest BCUT2D eigenvalue weighted by molar-refractivity contribution is 0.126. The molecule has 0 aliphatic heterocycles. The van der Waals surface area contributed by atoms with Gasteiger partial charge in [0.15, 0.2) is 0 Å². The summed E-state index contributed by atoms with van der Waals surface area (Å²) >= 11 is 0. The zero-order valence-electron chi connectivity index (χ0n) is 10.9. The summed E-state index contributed by atoms with van der Waals surface area (Å²) in [5.41, 5.74) is 5.79. The number of nitrogens with zero attached hydrogens (tertiary/aromatic N) is 2. The van der Waals surface area contributed by atoms with Gasteiger partial charge in [-0.1, -0.05) is 6.92 Å². The van der Waals surface area contributed by atoms with Crippen LogP contribution in [0.25, 0.3) is 0 Å². The molecule has 0 amide bonds. The van der Waals surface area contributed by atoms with Gasteiger partial charge in [0.2, 0.25) is 0 Å². The second-order valence-corrected chi connectivity index (χ2v) is 4.99. The summed E-state index contributed by atoms with van der Waals surface area (Å²) in [4.78, 5) is 8.69. The van der Waals surface area contributed by atoms with Crippen molar-refractivity contribution in [2.75, 3.05) is 11.1 Å². The van der Waals surface area contributed by atoms with Gasteiger partial charge in [0.05, 0.1) is 6.10 Å². The minimum Gasteiger partial charge on any atom is -0.393 e. The van der Waals surface area contributed by atoms with Crippen molar-refractivity contribution in [3.05, 3.63) is 11.9 Å². The molecule has 18 heavy (non-hydrogen) atoms. The van der Waals surface area contributed by atoms with Crippen molar-refractivity contribution in [2.45, 2.75) is 57.6 Å². The van der Waals surface area contributed by atoms with Gasteiger partial charge in [0.25, 0.3) is 0 Å². The van der Waals surface area contributed by atoms with Gasteiger partial charge in [-0.15, -0.1) is 0 Å². The fraction of sp³-hybridized carbons (Fsp3) is 0.692. The van der Waals surface area contributed by atoms with Crippen LogP contribution < -0.4 is 11.1 Å². The van der Waals surface area contributed by atoms with Crippen molar-refractivity contribution in [1.82, 2.24) is 9.97 Å². The molecule has 0 unspecified atom stereocenters. The van der Waals surface area contributed by atoms with Crippen LogP contribution in [0.5, 0.6) is 0 Å². The molecule has 100 valence electrons. The van der Waals surface area contributed by atoms with Gasteiger partial charge in [0, 0.05) is 18.5 Å². The van der Waals surface area contributed by atoms with Crippen LogP contribution in [0.15, 0.2) is 6.07 Å². The van der Waals surface area contributed by atoms with Gasteiger partial charge in [0.1, 0.15) is 17.5 Å². The molecule has 0 radical (unpaired) electrons. The highest BCUT2D eigenvalue weighted by Crippen LogP contribution is 2.22. The van der Waals surface area contributed by atoms with Gasteiger partial charge in [-0.2, -0.15) is 0 Å². The Morgan fingerprint density at radius 2 is 2.06 bits per heavy atom. The molecule has 4 N–H and O–H groups in total. The summed E-state index contributed by atoms with van der Waals surface area (Å²) in [5, 5.41) is 12.9. The van der Waals surface area contributed by atoms with Gasteiger partial charge in [-0.25, -0.2) is 9.97 Å². The molecule has 0 spiro atoms. The molecule has 2 rings (SSSR count). The van der Waals surface area contributed by atoms with Crippen molar-refractivity contribution in [1.29, 1.82) is 0 Å². The fourth-order valence-corrected chi connectivity index (χ4v) is 2.36. The molecule has 5 nitrogen and oxygen atoms in total. The van der Waals surface area contributed by atoms with Gasteiger partial charge >= 0.3 is 0 Å². The largest absolute Gasteiger partial charge is 0.393 e. The first-order chi connectivity index (χ1) is 8.67. The molecule has 1 heterocycles. The molecule has 5 heteroatoms. The van der Waals surface area contributed by atoms with Gasteiger partial charge < -0.3 is 16.2 Å². The molecule has 0 atom stereocenters. The maximum Gasteiger partial charge on any atom is 0.133 e. The molecule has 0 aromatic carbocycles. The van der Waals surface area contributed by atoms with Crippen LogP contribution in [0.4, 0.5) is 11.6 Å². The highest BCUT2D eigenvalue weighted by atomic mass is 16.3. The van der Waals surface area contributed by atoms with E-state index in [1.165, 1.54) is 0 Å². The number of aliphatic hydroxyl groups is 1. The number of aromatic nitrogens is 2. The van der Waals surface area contributed by atoms with E-state index in [-0.39, 0.29) is 6.10 Å².